The van der Waals surface area contributed by atoms with Gasteiger partial charge < -0.3 is 10.6 Å². The molecule has 0 saturated heterocycles. The largest absolute Gasteiger partial charge is 0.327 e. The Morgan fingerprint density at radius 2 is 1.86 bits per heavy atom. The summed E-state index contributed by atoms with van der Waals surface area (Å²) in [5, 5.41) is 17.3. The zero-order valence-corrected chi connectivity index (χ0v) is 15.7. The van der Waals surface area contributed by atoms with E-state index in [1.807, 2.05) is 24.4 Å². The predicted molar refractivity (Wildman–Crippen MR) is 106 cm³/mol. The molecule has 2 aromatic carbocycles. The third-order valence-electron chi connectivity index (χ3n) is 4.52. The maximum absolute atomic E-state index is 13.3. The van der Waals surface area contributed by atoms with Crippen molar-refractivity contribution in [1.82, 2.24) is 15.6 Å². The average molecular weight is 390 g/mol. The van der Waals surface area contributed by atoms with Gasteiger partial charge in [-0.1, -0.05) is 24.3 Å². The maximum Gasteiger partial charge on any atom is 0.319 e. The van der Waals surface area contributed by atoms with Gasteiger partial charge in [0.15, 0.2) is 0 Å². The predicted octanol–water partition coefficient (Wildman–Crippen LogP) is 4.61. The normalized spacial score (nSPS) is 16.3. The second-order valence-electron chi connectivity index (χ2n) is 6.35. The number of nitrogens with one attached hydrogen (secondary N) is 2. The molecule has 0 radical (unpaired) electrons. The highest BCUT2D eigenvalue weighted by molar-refractivity contribution is 7.11. The second-order valence-corrected chi connectivity index (χ2v) is 7.21. The summed E-state index contributed by atoms with van der Waals surface area (Å²) in [6.07, 6.45) is 0. The lowest BCUT2D eigenvalue weighted by Gasteiger charge is -2.28. The van der Waals surface area contributed by atoms with Crippen molar-refractivity contribution < 1.29 is 9.18 Å². The minimum atomic E-state index is -0.422. The molecule has 1 aliphatic rings. The molecular weight excluding hydrogens is 375 g/mol. The van der Waals surface area contributed by atoms with Crippen LogP contribution in [0.2, 0.25) is 0 Å². The number of carbonyl (C=O) groups is 1. The molecule has 3 aromatic rings. The Kier molecular flexibility index (Phi) is 4.63. The summed E-state index contributed by atoms with van der Waals surface area (Å²) in [5.74, 6) is -0.330. The molecule has 1 atom stereocenters. The monoisotopic (exact) mass is 390 g/mol. The van der Waals surface area contributed by atoms with E-state index in [4.69, 9.17) is 10.2 Å². The Labute approximate surface area is 165 Å². The highest BCUT2D eigenvalue weighted by Gasteiger charge is 2.29. The lowest BCUT2D eigenvalue weighted by Crippen LogP contribution is -2.42. The Bertz CT molecular complexity index is 1110. The number of aromatic nitrogens is 1. The molecule has 1 aromatic heterocycles. The first-order valence-electron chi connectivity index (χ1n) is 8.55. The van der Waals surface area contributed by atoms with Gasteiger partial charge in [0.25, 0.3) is 0 Å². The third kappa shape index (κ3) is 3.38. The summed E-state index contributed by atoms with van der Waals surface area (Å²) in [7, 11) is 0. The molecule has 2 amide bonds. The second kappa shape index (κ2) is 7.25. The molecule has 7 heteroatoms. The highest BCUT2D eigenvalue weighted by Crippen LogP contribution is 2.37. The number of rotatable bonds is 3. The molecule has 0 saturated carbocycles. The van der Waals surface area contributed by atoms with E-state index in [9.17, 15) is 9.18 Å². The van der Waals surface area contributed by atoms with Crippen LogP contribution in [0.5, 0.6) is 0 Å². The number of urea groups is 1. The minimum absolute atomic E-state index is 0.306. The van der Waals surface area contributed by atoms with Crippen LogP contribution in [0.25, 0.3) is 16.8 Å². The Morgan fingerprint density at radius 3 is 2.54 bits per heavy atom. The van der Waals surface area contributed by atoms with Crippen LogP contribution in [-0.4, -0.2) is 11.0 Å². The van der Waals surface area contributed by atoms with Crippen LogP contribution in [0.1, 0.15) is 29.1 Å². The SMILES string of the molecule is CC1=C(c2nc(-c3ccc(C#N)cc3)cs2)C(c2ccc(F)cc2)NC(=O)N1. The minimum Gasteiger partial charge on any atom is -0.327 e. The first-order chi connectivity index (χ1) is 13.5. The maximum atomic E-state index is 13.3. The van der Waals surface area contributed by atoms with Crippen LogP contribution >= 0.6 is 11.3 Å². The van der Waals surface area contributed by atoms with Gasteiger partial charge in [-0.2, -0.15) is 5.26 Å². The van der Waals surface area contributed by atoms with Crippen molar-refractivity contribution in [2.24, 2.45) is 0 Å². The summed E-state index contributed by atoms with van der Waals surface area (Å²) in [6, 6.07) is 14.7. The van der Waals surface area contributed by atoms with Gasteiger partial charge in [0.1, 0.15) is 10.8 Å². The van der Waals surface area contributed by atoms with Crippen LogP contribution in [0.15, 0.2) is 59.6 Å². The number of halogens is 1. The molecule has 4 rings (SSSR count). The van der Waals surface area contributed by atoms with Crippen LogP contribution in [0, 0.1) is 17.1 Å². The van der Waals surface area contributed by atoms with Gasteiger partial charge in [-0.05, 0) is 36.8 Å². The topological polar surface area (TPSA) is 77.8 Å². The highest BCUT2D eigenvalue weighted by atomic mass is 32.1. The number of nitrogens with zero attached hydrogens (tertiary/aromatic N) is 2. The van der Waals surface area contributed by atoms with Gasteiger partial charge in [-0.15, -0.1) is 11.3 Å². The number of thiazole rings is 1. The van der Waals surface area contributed by atoms with Crippen molar-refractivity contribution >= 4 is 22.9 Å². The van der Waals surface area contributed by atoms with Crippen LogP contribution in [-0.2, 0) is 0 Å². The van der Waals surface area contributed by atoms with Gasteiger partial charge in [-0.3, -0.25) is 0 Å². The number of benzene rings is 2. The van der Waals surface area contributed by atoms with Crippen LogP contribution in [0.4, 0.5) is 9.18 Å². The molecule has 138 valence electrons. The van der Waals surface area contributed by atoms with Gasteiger partial charge in [-0.25, -0.2) is 14.2 Å². The first-order valence-corrected chi connectivity index (χ1v) is 9.43. The number of hydrogen-bond donors (Lipinski definition) is 2. The van der Waals surface area contributed by atoms with Crippen molar-refractivity contribution in [3.8, 4) is 17.3 Å². The summed E-state index contributed by atoms with van der Waals surface area (Å²) in [5.41, 5.74) is 4.62. The fraction of sp³-hybridized carbons (Fsp3) is 0.0952. The summed E-state index contributed by atoms with van der Waals surface area (Å²) in [4.78, 5) is 16.8. The fourth-order valence-corrected chi connectivity index (χ4v) is 4.09. The van der Waals surface area contributed by atoms with E-state index in [1.54, 1.807) is 24.3 Å². The van der Waals surface area contributed by atoms with Crippen molar-refractivity contribution in [3.63, 3.8) is 0 Å². The van der Waals surface area contributed by atoms with Crippen molar-refractivity contribution in [3.05, 3.63) is 81.6 Å². The molecule has 0 spiro atoms. The van der Waals surface area contributed by atoms with Gasteiger partial charge in [0.2, 0.25) is 0 Å². The number of nitriles is 1. The Balaban J connectivity index is 1.73. The van der Waals surface area contributed by atoms with Crippen LogP contribution in [0.3, 0.4) is 0 Å². The first kappa shape index (κ1) is 17.9. The molecule has 0 bridgehead atoms. The lowest BCUT2D eigenvalue weighted by molar-refractivity contribution is 0.240. The zero-order chi connectivity index (χ0) is 19.7. The molecule has 2 N–H and O–H groups in total. The van der Waals surface area contributed by atoms with E-state index >= 15 is 0 Å². The van der Waals surface area contributed by atoms with E-state index in [1.165, 1.54) is 23.5 Å². The number of allylic oxidation sites excluding steroid dienone is 1. The van der Waals surface area contributed by atoms with E-state index in [0.29, 0.717) is 11.3 Å². The lowest BCUT2D eigenvalue weighted by atomic mass is 9.96. The molecule has 1 unspecified atom stereocenters. The van der Waals surface area contributed by atoms with E-state index in [-0.39, 0.29) is 11.8 Å². The molecule has 2 heterocycles. The smallest absolute Gasteiger partial charge is 0.319 e. The number of amides is 2. The molecule has 0 fully saturated rings. The van der Waals surface area contributed by atoms with E-state index < -0.39 is 6.04 Å². The average Bonchev–Trinajstić information content (AvgIpc) is 3.17. The van der Waals surface area contributed by atoms with Gasteiger partial charge >= 0.3 is 6.03 Å². The van der Waals surface area contributed by atoms with Crippen molar-refractivity contribution in [2.45, 2.75) is 13.0 Å². The standard InChI is InChI=1S/C21H15FN4OS/c1-12-18(19(26-21(27)24-12)15-6-8-16(22)9-7-15)20-25-17(11-28-20)14-4-2-13(10-23)3-5-14/h2-9,11,19H,1H3,(H2,24,26,27). The van der Waals surface area contributed by atoms with Crippen molar-refractivity contribution in [1.29, 1.82) is 5.26 Å². The summed E-state index contributed by atoms with van der Waals surface area (Å²) in [6.45, 7) is 1.83. The van der Waals surface area contributed by atoms with Crippen molar-refractivity contribution in [2.75, 3.05) is 0 Å². The van der Waals surface area contributed by atoms with Gasteiger partial charge in [0.05, 0.1) is 23.4 Å². The number of hydrogen-bond acceptors (Lipinski definition) is 4. The molecule has 5 nitrogen and oxygen atoms in total. The summed E-state index contributed by atoms with van der Waals surface area (Å²) >= 11 is 1.47. The Hall–Kier alpha value is -3.50. The van der Waals surface area contributed by atoms with Gasteiger partial charge in [0, 0.05) is 22.2 Å². The van der Waals surface area contributed by atoms with Crippen LogP contribution < -0.4 is 10.6 Å². The Morgan fingerprint density at radius 1 is 1.14 bits per heavy atom. The molecular formula is C21H15FN4OS. The molecule has 1 aliphatic heterocycles. The zero-order valence-electron chi connectivity index (χ0n) is 14.9. The quantitative estimate of drug-likeness (QED) is 0.686. The summed E-state index contributed by atoms with van der Waals surface area (Å²) < 4.78 is 13.3. The molecule has 28 heavy (non-hydrogen) atoms. The van der Waals surface area contributed by atoms with E-state index in [2.05, 4.69) is 16.7 Å². The van der Waals surface area contributed by atoms with E-state index in [0.717, 1.165) is 27.4 Å². The molecule has 0 aliphatic carbocycles. The fourth-order valence-electron chi connectivity index (χ4n) is 3.13. The third-order valence-corrected chi connectivity index (χ3v) is 5.39. The number of carbonyl (C=O) groups excluding carboxylic acids is 1.